The van der Waals surface area contributed by atoms with E-state index >= 15 is 0 Å². The molecular formula is C13H23N3O. The summed E-state index contributed by atoms with van der Waals surface area (Å²) in [4.78, 5) is 12.1. The molecule has 0 unspecified atom stereocenters. The Morgan fingerprint density at radius 1 is 1.41 bits per heavy atom. The van der Waals surface area contributed by atoms with Crippen LogP contribution in [0.5, 0.6) is 0 Å². The van der Waals surface area contributed by atoms with Crippen LogP contribution in [0.1, 0.15) is 49.4 Å². The lowest BCUT2D eigenvalue weighted by atomic mass is 10.0. The molecule has 0 aliphatic carbocycles. The van der Waals surface area contributed by atoms with Gasteiger partial charge >= 0.3 is 0 Å². The molecule has 1 aromatic rings. The summed E-state index contributed by atoms with van der Waals surface area (Å²) < 4.78 is 1.84. The van der Waals surface area contributed by atoms with Crippen molar-refractivity contribution in [3.63, 3.8) is 0 Å². The number of carbonyl (C=O) groups is 1. The van der Waals surface area contributed by atoms with Crippen LogP contribution in [0, 0.1) is 5.92 Å². The maximum absolute atomic E-state index is 12.1. The van der Waals surface area contributed by atoms with E-state index < -0.39 is 0 Å². The standard InChI is InChI=1S/C13H23N3O/c1-6-11-12(13(17)14-7-2)10(8-9(3)4)15-16(11)5/h9H,6-8H2,1-5H3,(H,14,17). The highest BCUT2D eigenvalue weighted by atomic mass is 16.1. The zero-order valence-corrected chi connectivity index (χ0v) is 11.5. The third kappa shape index (κ3) is 3.08. The number of rotatable bonds is 5. The molecule has 0 radical (unpaired) electrons. The molecule has 1 aromatic heterocycles. The Labute approximate surface area is 103 Å². The van der Waals surface area contributed by atoms with Crippen molar-refractivity contribution in [2.45, 2.75) is 40.5 Å². The van der Waals surface area contributed by atoms with Crippen LogP contribution in [0.4, 0.5) is 0 Å². The molecule has 1 amide bonds. The largest absolute Gasteiger partial charge is 0.352 e. The van der Waals surface area contributed by atoms with Crippen LogP contribution in [0.2, 0.25) is 0 Å². The third-order valence-corrected chi connectivity index (χ3v) is 2.74. The fourth-order valence-electron chi connectivity index (χ4n) is 2.07. The van der Waals surface area contributed by atoms with E-state index in [4.69, 9.17) is 0 Å². The molecule has 0 atom stereocenters. The minimum Gasteiger partial charge on any atom is -0.352 e. The second kappa shape index (κ2) is 5.84. The molecule has 0 bridgehead atoms. The maximum atomic E-state index is 12.1. The molecule has 0 aliphatic heterocycles. The molecule has 0 saturated carbocycles. The van der Waals surface area contributed by atoms with Crippen molar-refractivity contribution in [2.75, 3.05) is 6.54 Å². The molecule has 0 spiro atoms. The van der Waals surface area contributed by atoms with Gasteiger partial charge in [-0.25, -0.2) is 0 Å². The van der Waals surface area contributed by atoms with Crippen molar-refractivity contribution in [1.82, 2.24) is 15.1 Å². The number of carbonyl (C=O) groups excluding carboxylic acids is 1. The van der Waals surface area contributed by atoms with Gasteiger partial charge in [-0.15, -0.1) is 0 Å². The van der Waals surface area contributed by atoms with Gasteiger partial charge in [0, 0.05) is 13.6 Å². The quantitative estimate of drug-likeness (QED) is 0.850. The fourth-order valence-corrected chi connectivity index (χ4v) is 2.07. The minimum absolute atomic E-state index is 0.00750. The lowest BCUT2D eigenvalue weighted by Gasteiger charge is -2.07. The Balaban J connectivity index is 3.16. The Morgan fingerprint density at radius 2 is 2.06 bits per heavy atom. The topological polar surface area (TPSA) is 46.9 Å². The van der Waals surface area contributed by atoms with E-state index in [1.807, 2.05) is 18.7 Å². The minimum atomic E-state index is 0.00750. The van der Waals surface area contributed by atoms with Crippen molar-refractivity contribution in [1.29, 1.82) is 0 Å². The van der Waals surface area contributed by atoms with Gasteiger partial charge in [-0.2, -0.15) is 5.10 Å². The molecular weight excluding hydrogens is 214 g/mol. The van der Waals surface area contributed by atoms with E-state index in [0.29, 0.717) is 12.5 Å². The van der Waals surface area contributed by atoms with Gasteiger partial charge in [-0.1, -0.05) is 20.8 Å². The first-order valence-electron chi connectivity index (χ1n) is 6.34. The number of hydrogen-bond acceptors (Lipinski definition) is 2. The van der Waals surface area contributed by atoms with Crippen LogP contribution in [0.25, 0.3) is 0 Å². The summed E-state index contributed by atoms with van der Waals surface area (Å²) in [6.07, 6.45) is 1.67. The lowest BCUT2D eigenvalue weighted by Crippen LogP contribution is -2.25. The Hall–Kier alpha value is -1.32. The molecule has 0 aliphatic rings. The molecule has 96 valence electrons. The van der Waals surface area contributed by atoms with Gasteiger partial charge in [0.25, 0.3) is 5.91 Å². The number of hydrogen-bond donors (Lipinski definition) is 1. The molecule has 0 aromatic carbocycles. The lowest BCUT2D eigenvalue weighted by molar-refractivity contribution is 0.0953. The molecule has 4 nitrogen and oxygen atoms in total. The number of nitrogens with one attached hydrogen (secondary N) is 1. The summed E-state index contributed by atoms with van der Waals surface area (Å²) in [6, 6.07) is 0. The van der Waals surface area contributed by atoms with Crippen LogP contribution in [0.15, 0.2) is 0 Å². The van der Waals surface area contributed by atoms with E-state index in [2.05, 4.69) is 31.2 Å². The van der Waals surface area contributed by atoms with Crippen molar-refractivity contribution in [3.8, 4) is 0 Å². The smallest absolute Gasteiger partial charge is 0.255 e. The molecule has 1 N–H and O–H groups in total. The second-order valence-corrected chi connectivity index (χ2v) is 4.70. The van der Waals surface area contributed by atoms with E-state index in [1.54, 1.807) is 0 Å². The van der Waals surface area contributed by atoms with E-state index in [0.717, 1.165) is 29.8 Å². The Kier molecular flexibility index (Phi) is 4.73. The molecule has 0 saturated heterocycles. The first kappa shape index (κ1) is 13.7. The van der Waals surface area contributed by atoms with Gasteiger partial charge in [-0.05, 0) is 25.7 Å². The molecule has 1 rings (SSSR count). The second-order valence-electron chi connectivity index (χ2n) is 4.70. The summed E-state index contributed by atoms with van der Waals surface area (Å²) in [6.45, 7) is 8.92. The number of nitrogens with zero attached hydrogens (tertiary/aromatic N) is 2. The van der Waals surface area contributed by atoms with Crippen LogP contribution in [-0.4, -0.2) is 22.2 Å². The molecule has 4 heteroatoms. The number of aryl methyl sites for hydroxylation is 1. The highest BCUT2D eigenvalue weighted by molar-refractivity contribution is 5.96. The Bertz CT molecular complexity index is 394. The first-order chi connectivity index (χ1) is 8.01. The highest BCUT2D eigenvalue weighted by Gasteiger charge is 2.21. The zero-order chi connectivity index (χ0) is 13.0. The summed E-state index contributed by atoms with van der Waals surface area (Å²) in [5.41, 5.74) is 2.72. The van der Waals surface area contributed by atoms with Crippen LogP contribution < -0.4 is 5.32 Å². The van der Waals surface area contributed by atoms with Crippen LogP contribution >= 0.6 is 0 Å². The predicted octanol–water partition coefficient (Wildman–Crippen LogP) is 1.93. The Morgan fingerprint density at radius 3 is 2.53 bits per heavy atom. The average molecular weight is 237 g/mol. The SMILES string of the molecule is CCNC(=O)c1c(CC(C)C)nn(C)c1CC. The van der Waals surface area contributed by atoms with Gasteiger partial charge in [0.05, 0.1) is 17.0 Å². The fraction of sp³-hybridized carbons (Fsp3) is 0.692. The first-order valence-corrected chi connectivity index (χ1v) is 6.34. The maximum Gasteiger partial charge on any atom is 0.255 e. The summed E-state index contributed by atoms with van der Waals surface area (Å²) in [5.74, 6) is 0.510. The predicted molar refractivity (Wildman–Crippen MR) is 69.1 cm³/mol. The van der Waals surface area contributed by atoms with Gasteiger partial charge in [0.15, 0.2) is 0 Å². The van der Waals surface area contributed by atoms with Crippen molar-refractivity contribution in [2.24, 2.45) is 13.0 Å². The number of aromatic nitrogens is 2. The third-order valence-electron chi connectivity index (χ3n) is 2.74. The van der Waals surface area contributed by atoms with Gasteiger partial charge in [-0.3, -0.25) is 9.48 Å². The zero-order valence-electron chi connectivity index (χ0n) is 11.5. The highest BCUT2D eigenvalue weighted by Crippen LogP contribution is 2.17. The van der Waals surface area contributed by atoms with Crippen molar-refractivity contribution >= 4 is 5.91 Å². The summed E-state index contributed by atoms with van der Waals surface area (Å²) >= 11 is 0. The van der Waals surface area contributed by atoms with Crippen LogP contribution in [0.3, 0.4) is 0 Å². The van der Waals surface area contributed by atoms with E-state index in [-0.39, 0.29) is 5.91 Å². The summed E-state index contributed by atoms with van der Waals surface area (Å²) in [7, 11) is 1.91. The normalized spacial score (nSPS) is 10.9. The van der Waals surface area contributed by atoms with E-state index in [9.17, 15) is 4.79 Å². The van der Waals surface area contributed by atoms with Gasteiger partial charge in [0.2, 0.25) is 0 Å². The number of amides is 1. The molecule has 1 heterocycles. The molecule has 17 heavy (non-hydrogen) atoms. The van der Waals surface area contributed by atoms with E-state index in [1.165, 1.54) is 0 Å². The monoisotopic (exact) mass is 237 g/mol. The van der Waals surface area contributed by atoms with Gasteiger partial charge < -0.3 is 5.32 Å². The van der Waals surface area contributed by atoms with Gasteiger partial charge in [0.1, 0.15) is 0 Å². The average Bonchev–Trinajstić information content (AvgIpc) is 2.53. The van der Waals surface area contributed by atoms with Crippen molar-refractivity contribution < 1.29 is 4.79 Å². The molecule has 0 fully saturated rings. The van der Waals surface area contributed by atoms with Crippen LogP contribution in [-0.2, 0) is 19.9 Å². The summed E-state index contributed by atoms with van der Waals surface area (Å²) in [5, 5.41) is 7.35. The van der Waals surface area contributed by atoms with Crippen molar-refractivity contribution in [3.05, 3.63) is 17.0 Å².